The fourth-order valence-electron chi connectivity index (χ4n) is 2.28. The highest BCUT2D eigenvalue weighted by atomic mass is 79.9. The van der Waals surface area contributed by atoms with Crippen molar-refractivity contribution < 1.29 is 0 Å². The molecule has 0 aliphatic heterocycles. The highest BCUT2D eigenvalue weighted by Crippen LogP contribution is 2.25. The van der Waals surface area contributed by atoms with E-state index in [0.717, 1.165) is 31.2 Å². The molecule has 1 aromatic heterocycles. The minimum atomic E-state index is 0.240. The smallest absolute Gasteiger partial charge is 0.191 e. The first-order valence-electron chi connectivity index (χ1n) is 8.15. The lowest BCUT2D eigenvalue weighted by Crippen LogP contribution is -2.02. The van der Waals surface area contributed by atoms with Gasteiger partial charge in [0.25, 0.3) is 0 Å². The van der Waals surface area contributed by atoms with Gasteiger partial charge in [0, 0.05) is 20.6 Å². The highest BCUT2D eigenvalue weighted by molar-refractivity contribution is 9.10. The number of hydrogen-bond donors (Lipinski definition) is 0. The Morgan fingerprint density at radius 1 is 1.08 bits per heavy atom. The molecule has 0 aliphatic rings. The van der Waals surface area contributed by atoms with Gasteiger partial charge >= 0.3 is 0 Å². The topological polar surface area (TPSA) is 43.1 Å². The molecule has 0 bridgehead atoms. The maximum atomic E-state index is 4.64. The van der Waals surface area contributed by atoms with E-state index >= 15 is 0 Å². The number of nitrogens with zero attached hydrogens (tertiary/aromatic N) is 4. The molecule has 0 radical (unpaired) electrons. The summed E-state index contributed by atoms with van der Waals surface area (Å²) in [5, 5.41) is 14.1. The number of aromatic nitrogens is 3. The zero-order chi connectivity index (χ0) is 18.5. The summed E-state index contributed by atoms with van der Waals surface area (Å²) in [6.07, 6.45) is 1.84. The zero-order valence-electron chi connectivity index (χ0n) is 14.4. The summed E-state index contributed by atoms with van der Waals surface area (Å²) >= 11 is 8.59. The van der Waals surface area contributed by atoms with Gasteiger partial charge in [0.1, 0.15) is 0 Å². The van der Waals surface area contributed by atoms with E-state index in [9.17, 15) is 0 Å². The third-order valence-electron chi connectivity index (χ3n) is 3.60. The molecule has 26 heavy (non-hydrogen) atoms. The second kappa shape index (κ2) is 8.97. The van der Waals surface area contributed by atoms with Crippen molar-refractivity contribution in [3.8, 4) is 0 Å². The molecule has 0 amide bonds. The van der Waals surface area contributed by atoms with Gasteiger partial charge in [-0.2, -0.15) is 9.78 Å². The Bertz CT molecular complexity index is 904. The molecule has 1 heterocycles. The quantitative estimate of drug-likeness (QED) is 0.307. The predicted octanol–water partition coefficient (Wildman–Crippen LogP) is 6.10. The van der Waals surface area contributed by atoms with E-state index < -0.39 is 0 Å². The summed E-state index contributed by atoms with van der Waals surface area (Å²) in [7, 11) is 0. The first-order valence-corrected chi connectivity index (χ1v) is 10.7. The van der Waals surface area contributed by atoms with Crippen LogP contribution in [0.1, 0.15) is 36.7 Å². The maximum absolute atomic E-state index is 4.64. The third kappa shape index (κ3) is 5.05. The Balaban J connectivity index is 1.83. The van der Waals surface area contributed by atoms with Gasteiger partial charge in [-0.25, -0.2) is 0 Å². The van der Waals surface area contributed by atoms with Crippen molar-refractivity contribution in [3.63, 3.8) is 0 Å². The second-order valence-electron chi connectivity index (χ2n) is 6.02. The Hall–Kier alpha value is -1.44. The van der Waals surface area contributed by atoms with Crippen molar-refractivity contribution in [3.05, 3.63) is 74.4 Å². The van der Waals surface area contributed by atoms with Gasteiger partial charge in [-0.1, -0.05) is 81.7 Å². The van der Waals surface area contributed by atoms with E-state index in [-0.39, 0.29) is 5.92 Å². The van der Waals surface area contributed by atoms with Crippen molar-refractivity contribution in [1.82, 2.24) is 14.9 Å². The molecule has 0 unspecified atom stereocenters. The van der Waals surface area contributed by atoms with E-state index in [1.807, 2.05) is 47.3 Å². The van der Waals surface area contributed by atoms with Crippen LogP contribution in [0.15, 0.2) is 67.7 Å². The van der Waals surface area contributed by atoms with Crippen molar-refractivity contribution >= 4 is 49.8 Å². The lowest BCUT2D eigenvalue weighted by Gasteiger charge is -2.06. The molecular weight excluding hydrogens is 476 g/mol. The summed E-state index contributed by atoms with van der Waals surface area (Å²) in [6, 6.07) is 16.3. The normalized spacial score (nSPS) is 11.6. The third-order valence-corrected chi connectivity index (χ3v) is 5.62. The molecule has 0 spiro atoms. The van der Waals surface area contributed by atoms with Gasteiger partial charge in [0.2, 0.25) is 5.16 Å². The Labute approximate surface area is 174 Å². The van der Waals surface area contributed by atoms with Crippen LogP contribution in [-0.4, -0.2) is 21.1 Å². The van der Waals surface area contributed by atoms with Gasteiger partial charge in [0.05, 0.1) is 6.21 Å². The minimum Gasteiger partial charge on any atom is -0.191 e. The predicted molar refractivity (Wildman–Crippen MR) is 115 cm³/mol. The van der Waals surface area contributed by atoms with Crippen LogP contribution in [0.2, 0.25) is 0 Å². The summed E-state index contributed by atoms with van der Waals surface area (Å²) in [4.78, 5) is 0. The zero-order valence-corrected chi connectivity index (χ0v) is 18.4. The first kappa shape index (κ1) is 19.3. The van der Waals surface area contributed by atoms with Crippen LogP contribution < -0.4 is 0 Å². The Morgan fingerprint density at radius 3 is 2.54 bits per heavy atom. The van der Waals surface area contributed by atoms with Crippen LogP contribution in [0.5, 0.6) is 0 Å². The summed E-state index contributed by atoms with van der Waals surface area (Å²) in [5.41, 5.74) is 2.25. The molecule has 4 nitrogen and oxygen atoms in total. The molecule has 0 aliphatic carbocycles. The molecule has 7 heteroatoms. The number of thioether (sulfide) groups is 1. The Kier molecular flexibility index (Phi) is 6.67. The molecule has 2 aromatic carbocycles. The van der Waals surface area contributed by atoms with Crippen LogP contribution >= 0.6 is 43.6 Å². The molecule has 3 aromatic rings. The van der Waals surface area contributed by atoms with Crippen LogP contribution in [0.25, 0.3) is 0 Å². The first-order chi connectivity index (χ1) is 12.5. The summed E-state index contributed by atoms with van der Waals surface area (Å²) < 4.78 is 3.95. The molecule has 3 rings (SSSR count). The number of rotatable bonds is 6. The van der Waals surface area contributed by atoms with Crippen LogP contribution in [0.3, 0.4) is 0 Å². The van der Waals surface area contributed by atoms with E-state index in [4.69, 9.17) is 0 Å². The molecule has 0 saturated heterocycles. The average Bonchev–Trinajstić information content (AvgIpc) is 3.03. The van der Waals surface area contributed by atoms with Gasteiger partial charge < -0.3 is 0 Å². The fourth-order valence-corrected chi connectivity index (χ4v) is 3.81. The molecule has 0 atom stereocenters. The molecule has 0 N–H and O–H groups in total. The summed E-state index contributed by atoms with van der Waals surface area (Å²) in [6.45, 7) is 4.19. The van der Waals surface area contributed by atoms with Gasteiger partial charge in [-0.15, -0.1) is 10.2 Å². The number of halogens is 2. The fraction of sp³-hybridized carbons (Fsp3) is 0.211. The largest absolute Gasteiger partial charge is 0.212 e. The maximum Gasteiger partial charge on any atom is 0.212 e. The van der Waals surface area contributed by atoms with Crippen molar-refractivity contribution in [1.29, 1.82) is 0 Å². The Morgan fingerprint density at radius 2 is 1.85 bits per heavy atom. The van der Waals surface area contributed by atoms with Crippen LogP contribution in [0.4, 0.5) is 0 Å². The molecule has 0 fully saturated rings. The van der Waals surface area contributed by atoms with Gasteiger partial charge in [0.15, 0.2) is 5.82 Å². The monoisotopic (exact) mass is 492 g/mol. The molecule has 0 saturated carbocycles. The highest BCUT2D eigenvalue weighted by Gasteiger charge is 2.15. The van der Waals surface area contributed by atoms with Crippen molar-refractivity contribution in [2.75, 3.05) is 0 Å². The minimum absolute atomic E-state index is 0.240. The van der Waals surface area contributed by atoms with Crippen LogP contribution in [-0.2, 0) is 5.75 Å². The standard InChI is InChI=1S/C19H18Br2N4S/c1-13(2)18-23-24-19(26-12-14-6-8-16(20)9-7-14)25(18)22-11-15-4-3-5-17(21)10-15/h3-11,13H,12H2,1-2H3/b22-11+. The van der Waals surface area contributed by atoms with Crippen molar-refractivity contribution in [2.24, 2.45) is 5.10 Å². The average molecular weight is 494 g/mol. The number of hydrogen-bond acceptors (Lipinski definition) is 4. The van der Waals surface area contributed by atoms with E-state index in [0.29, 0.717) is 0 Å². The van der Waals surface area contributed by atoms with E-state index in [1.165, 1.54) is 5.56 Å². The van der Waals surface area contributed by atoms with Crippen molar-refractivity contribution in [2.45, 2.75) is 30.7 Å². The van der Waals surface area contributed by atoms with Crippen LogP contribution in [0, 0.1) is 0 Å². The lowest BCUT2D eigenvalue weighted by atomic mass is 10.2. The lowest BCUT2D eigenvalue weighted by molar-refractivity contribution is 0.667. The molecule has 134 valence electrons. The number of benzene rings is 2. The second-order valence-corrected chi connectivity index (χ2v) is 8.80. The summed E-state index contributed by atoms with van der Waals surface area (Å²) in [5.74, 6) is 1.91. The van der Waals surface area contributed by atoms with E-state index in [2.05, 4.69) is 73.1 Å². The molecular formula is C19H18Br2N4S. The SMILES string of the molecule is CC(C)c1nnc(SCc2ccc(Br)cc2)n1/N=C/c1cccc(Br)c1. The van der Waals surface area contributed by atoms with Gasteiger partial charge in [-0.05, 0) is 35.4 Å². The van der Waals surface area contributed by atoms with E-state index in [1.54, 1.807) is 11.8 Å². The van der Waals surface area contributed by atoms with Gasteiger partial charge in [-0.3, -0.25) is 0 Å².